The molecule has 3 nitrogen and oxygen atoms in total. The molecule has 15 heavy (non-hydrogen) atoms. The van der Waals surface area contributed by atoms with Crippen molar-refractivity contribution in [2.45, 2.75) is 0 Å². The highest BCUT2D eigenvalue weighted by Crippen LogP contribution is 2.25. The molecule has 0 saturated heterocycles. The van der Waals surface area contributed by atoms with Crippen LogP contribution in [0, 0.1) is 11.3 Å². The van der Waals surface area contributed by atoms with Gasteiger partial charge >= 0.3 is 0 Å². The number of nitrogens with one attached hydrogen (secondary N) is 1. The number of nitrogens with zero attached hydrogens (tertiary/aromatic N) is 1. The fourth-order valence-electron chi connectivity index (χ4n) is 1.59. The lowest BCUT2D eigenvalue weighted by atomic mass is 10.0. The molecule has 0 aliphatic rings. The second kappa shape index (κ2) is 3.81. The first-order valence-electron chi connectivity index (χ1n) is 4.49. The van der Waals surface area contributed by atoms with Crippen molar-refractivity contribution in [2.24, 2.45) is 0 Å². The van der Waals surface area contributed by atoms with Crippen LogP contribution in [0.3, 0.4) is 0 Å². The summed E-state index contributed by atoms with van der Waals surface area (Å²) in [6, 6.07) is 13.0. The topological polar surface area (TPSA) is 52.9 Å². The van der Waals surface area contributed by atoms with Crippen LogP contribution < -0.4 is 5.32 Å². The van der Waals surface area contributed by atoms with Gasteiger partial charge in [-0.3, -0.25) is 4.79 Å². The van der Waals surface area contributed by atoms with Gasteiger partial charge in [0.05, 0.1) is 11.6 Å². The standard InChI is InChI=1S/C12H8N2O/c13-7-9-5-6-12(14-8-15)11-4-2-1-3-10(9)11/h1-6,8H,(H,14,15). The zero-order valence-corrected chi connectivity index (χ0v) is 7.90. The van der Waals surface area contributed by atoms with Gasteiger partial charge < -0.3 is 5.32 Å². The number of benzene rings is 2. The lowest BCUT2D eigenvalue weighted by Crippen LogP contribution is -1.95. The molecule has 2 rings (SSSR count). The molecular formula is C12H8N2O. The Bertz CT molecular complexity index is 555. The SMILES string of the molecule is N#Cc1ccc(NC=O)c2ccccc12. The summed E-state index contributed by atoms with van der Waals surface area (Å²) in [6.45, 7) is 0. The Hall–Kier alpha value is -2.34. The van der Waals surface area contributed by atoms with Gasteiger partial charge in [-0.1, -0.05) is 24.3 Å². The van der Waals surface area contributed by atoms with Crippen LogP contribution in [0.25, 0.3) is 10.8 Å². The van der Waals surface area contributed by atoms with Crippen molar-refractivity contribution in [1.82, 2.24) is 0 Å². The maximum absolute atomic E-state index is 10.4. The summed E-state index contributed by atoms with van der Waals surface area (Å²) >= 11 is 0. The molecule has 2 aromatic rings. The van der Waals surface area contributed by atoms with E-state index in [1.165, 1.54) is 0 Å². The van der Waals surface area contributed by atoms with Crippen molar-refractivity contribution in [3.63, 3.8) is 0 Å². The Labute approximate surface area is 86.9 Å². The van der Waals surface area contributed by atoms with E-state index in [-0.39, 0.29) is 0 Å². The van der Waals surface area contributed by atoms with E-state index >= 15 is 0 Å². The summed E-state index contributed by atoms with van der Waals surface area (Å²) in [5.41, 5.74) is 1.33. The lowest BCUT2D eigenvalue weighted by molar-refractivity contribution is -0.105. The molecule has 1 N–H and O–H groups in total. The van der Waals surface area contributed by atoms with Gasteiger partial charge in [-0.25, -0.2) is 0 Å². The molecule has 0 spiro atoms. The Morgan fingerprint density at radius 3 is 2.53 bits per heavy atom. The number of fused-ring (bicyclic) bond motifs is 1. The molecular weight excluding hydrogens is 188 g/mol. The Kier molecular flexibility index (Phi) is 2.34. The second-order valence-corrected chi connectivity index (χ2v) is 3.08. The molecule has 0 radical (unpaired) electrons. The highest BCUT2D eigenvalue weighted by molar-refractivity contribution is 6.00. The molecule has 0 unspecified atom stereocenters. The number of hydrogen-bond acceptors (Lipinski definition) is 2. The van der Waals surface area contributed by atoms with Crippen LogP contribution >= 0.6 is 0 Å². The number of amides is 1. The summed E-state index contributed by atoms with van der Waals surface area (Å²) in [4.78, 5) is 10.4. The maximum Gasteiger partial charge on any atom is 0.211 e. The van der Waals surface area contributed by atoms with Crippen molar-refractivity contribution in [3.8, 4) is 6.07 Å². The summed E-state index contributed by atoms with van der Waals surface area (Å²) in [7, 11) is 0. The van der Waals surface area contributed by atoms with Crippen LogP contribution in [0.2, 0.25) is 0 Å². The monoisotopic (exact) mass is 196 g/mol. The molecule has 0 fully saturated rings. The van der Waals surface area contributed by atoms with E-state index in [9.17, 15) is 4.79 Å². The first kappa shape index (κ1) is 9.22. The van der Waals surface area contributed by atoms with Crippen LogP contribution in [0.5, 0.6) is 0 Å². The maximum atomic E-state index is 10.4. The van der Waals surface area contributed by atoms with Crippen molar-refractivity contribution >= 4 is 22.9 Å². The zero-order valence-electron chi connectivity index (χ0n) is 7.90. The largest absolute Gasteiger partial charge is 0.328 e. The summed E-state index contributed by atoms with van der Waals surface area (Å²) in [6.07, 6.45) is 0.633. The normalized spacial score (nSPS) is 9.53. The van der Waals surface area contributed by atoms with E-state index < -0.39 is 0 Å². The van der Waals surface area contributed by atoms with Gasteiger partial charge in [-0.15, -0.1) is 0 Å². The summed E-state index contributed by atoms with van der Waals surface area (Å²) in [5, 5.41) is 13.3. The molecule has 0 aliphatic heterocycles. The Morgan fingerprint density at radius 2 is 1.87 bits per heavy atom. The van der Waals surface area contributed by atoms with Crippen LogP contribution in [-0.4, -0.2) is 6.41 Å². The molecule has 0 atom stereocenters. The molecule has 2 aromatic carbocycles. The first-order chi connectivity index (χ1) is 7.36. The van der Waals surface area contributed by atoms with Gasteiger partial charge in [0.2, 0.25) is 6.41 Å². The van der Waals surface area contributed by atoms with Crippen molar-refractivity contribution in [1.29, 1.82) is 5.26 Å². The van der Waals surface area contributed by atoms with E-state index in [4.69, 9.17) is 5.26 Å². The number of anilines is 1. The predicted octanol–water partition coefficient (Wildman–Crippen LogP) is 2.28. The number of carbonyl (C=O) groups is 1. The van der Waals surface area contributed by atoms with Crippen molar-refractivity contribution in [3.05, 3.63) is 42.0 Å². The fraction of sp³-hybridized carbons (Fsp3) is 0. The molecule has 72 valence electrons. The fourth-order valence-corrected chi connectivity index (χ4v) is 1.59. The van der Waals surface area contributed by atoms with Crippen LogP contribution in [0.1, 0.15) is 5.56 Å². The summed E-state index contributed by atoms with van der Waals surface area (Å²) in [5.74, 6) is 0. The third-order valence-corrected chi connectivity index (χ3v) is 2.26. The number of nitriles is 1. The molecule has 1 amide bonds. The third kappa shape index (κ3) is 1.53. The molecule has 0 aromatic heterocycles. The van der Waals surface area contributed by atoms with Gasteiger partial charge in [-0.2, -0.15) is 5.26 Å². The Morgan fingerprint density at radius 1 is 1.13 bits per heavy atom. The predicted molar refractivity (Wildman–Crippen MR) is 58.3 cm³/mol. The lowest BCUT2D eigenvalue weighted by Gasteiger charge is -2.05. The van der Waals surface area contributed by atoms with Gasteiger partial charge in [0.1, 0.15) is 0 Å². The second-order valence-electron chi connectivity index (χ2n) is 3.08. The molecule has 0 aliphatic carbocycles. The number of carbonyl (C=O) groups excluding carboxylic acids is 1. The van der Waals surface area contributed by atoms with E-state index in [1.54, 1.807) is 12.1 Å². The van der Waals surface area contributed by atoms with Crippen LogP contribution in [-0.2, 0) is 4.79 Å². The summed E-state index contributed by atoms with van der Waals surface area (Å²) < 4.78 is 0. The van der Waals surface area contributed by atoms with Gasteiger partial charge in [0, 0.05) is 16.5 Å². The van der Waals surface area contributed by atoms with Gasteiger partial charge in [-0.05, 0) is 12.1 Å². The zero-order chi connectivity index (χ0) is 10.7. The number of hydrogen-bond donors (Lipinski definition) is 1. The quantitative estimate of drug-likeness (QED) is 0.749. The first-order valence-corrected chi connectivity index (χ1v) is 4.49. The van der Waals surface area contributed by atoms with Gasteiger partial charge in [0.25, 0.3) is 0 Å². The molecule has 0 saturated carbocycles. The minimum absolute atomic E-state index is 0.613. The van der Waals surface area contributed by atoms with E-state index in [0.29, 0.717) is 12.0 Å². The van der Waals surface area contributed by atoms with Gasteiger partial charge in [0.15, 0.2) is 0 Å². The third-order valence-electron chi connectivity index (χ3n) is 2.26. The Balaban J connectivity index is 2.78. The minimum atomic E-state index is 0.613. The molecule has 3 heteroatoms. The average molecular weight is 196 g/mol. The molecule has 0 heterocycles. The van der Waals surface area contributed by atoms with Crippen molar-refractivity contribution in [2.75, 3.05) is 5.32 Å². The highest BCUT2D eigenvalue weighted by atomic mass is 16.1. The average Bonchev–Trinajstić information content (AvgIpc) is 2.30. The van der Waals surface area contributed by atoms with E-state index in [2.05, 4.69) is 11.4 Å². The smallest absolute Gasteiger partial charge is 0.211 e. The highest BCUT2D eigenvalue weighted by Gasteiger charge is 2.03. The van der Waals surface area contributed by atoms with E-state index in [0.717, 1.165) is 16.5 Å². The minimum Gasteiger partial charge on any atom is -0.328 e. The van der Waals surface area contributed by atoms with E-state index in [1.807, 2.05) is 24.3 Å². The van der Waals surface area contributed by atoms with Crippen molar-refractivity contribution < 1.29 is 4.79 Å². The number of rotatable bonds is 2. The molecule has 0 bridgehead atoms. The van der Waals surface area contributed by atoms with Crippen LogP contribution in [0.4, 0.5) is 5.69 Å². The van der Waals surface area contributed by atoms with Crippen LogP contribution in [0.15, 0.2) is 36.4 Å².